The van der Waals surface area contributed by atoms with Crippen molar-refractivity contribution in [2.24, 2.45) is 0 Å². The van der Waals surface area contributed by atoms with Gasteiger partial charge >= 0.3 is 0 Å². The Balaban J connectivity index is 1.73. The van der Waals surface area contributed by atoms with E-state index in [0.717, 1.165) is 52.2 Å². The van der Waals surface area contributed by atoms with Crippen molar-refractivity contribution in [3.8, 4) is 11.8 Å². The molecule has 2 aliphatic rings. The molecule has 0 aromatic carbocycles. The van der Waals surface area contributed by atoms with Crippen LogP contribution in [-0.4, -0.2) is 61.6 Å². The molecule has 2 saturated heterocycles. The van der Waals surface area contributed by atoms with E-state index in [1.165, 1.54) is 0 Å². The summed E-state index contributed by atoms with van der Waals surface area (Å²) >= 11 is 0. The number of amides is 1. The van der Waals surface area contributed by atoms with E-state index >= 15 is 0 Å². The van der Waals surface area contributed by atoms with E-state index in [4.69, 9.17) is 4.74 Å². The van der Waals surface area contributed by atoms with Crippen LogP contribution in [0.25, 0.3) is 0 Å². The normalized spacial score (nSPS) is 21.6. The van der Waals surface area contributed by atoms with E-state index in [0.29, 0.717) is 6.54 Å². The molecule has 0 saturated carbocycles. The lowest BCUT2D eigenvalue weighted by atomic mass is 10.4. The maximum Gasteiger partial charge on any atom is 0.298 e. The number of rotatable bonds is 1. The van der Waals surface area contributed by atoms with Gasteiger partial charge in [-0.3, -0.25) is 9.69 Å². The fraction of sp³-hybridized carbons (Fsp3) is 0.750. The topological polar surface area (TPSA) is 32.8 Å². The second kappa shape index (κ2) is 5.88. The van der Waals surface area contributed by atoms with Gasteiger partial charge in [0.15, 0.2) is 0 Å². The third-order valence-corrected chi connectivity index (χ3v) is 2.99. The molecule has 16 heavy (non-hydrogen) atoms. The molecular formula is C12H18N2O2. The summed E-state index contributed by atoms with van der Waals surface area (Å²) in [5.41, 5.74) is 0. The van der Waals surface area contributed by atoms with Gasteiger partial charge in [-0.25, -0.2) is 0 Å². The zero-order valence-electron chi connectivity index (χ0n) is 9.57. The van der Waals surface area contributed by atoms with Gasteiger partial charge in [0, 0.05) is 26.2 Å². The maximum absolute atomic E-state index is 11.6. The SMILES string of the molecule is O=C(C#CCN1CCOCC1)N1CCCC1. The van der Waals surface area contributed by atoms with Crippen molar-refractivity contribution in [3.05, 3.63) is 0 Å². The van der Waals surface area contributed by atoms with Crippen molar-refractivity contribution in [1.82, 2.24) is 9.80 Å². The van der Waals surface area contributed by atoms with Gasteiger partial charge in [0.2, 0.25) is 0 Å². The van der Waals surface area contributed by atoms with Crippen molar-refractivity contribution in [2.75, 3.05) is 45.9 Å². The summed E-state index contributed by atoms with van der Waals surface area (Å²) in [4.78, 5) is 15.7. The summed E-state index contributed by atoms with van der Waals surface area (Å²) in [6, 6.07) is 0. The van der Waals surface area contributed by atoms with Crippen LogP contribution in [-0.2, 0) is 9.53 Å². The van der Waals surface area contributed by atoms with Gasteiger partial charge < -0.3 is 9.64 Å². The number of hydrogen-bond acceptors (Lipinski definition) is 3. The summed E-state index contributed by atoms with van der Waals surface area (Å²) in [6.45, 7) is 5.85. The molecule has 0 radical (unpaired) electrons. The molecule has 88 valence electrons. The van der Waals surface area contributed by atoms with Gasteiger partial charge in [0.05, 0.1) is 19.8 Å². The Bertz CT molecular complexity index is 294. The minimum Gasteiger partial charge on any atom is -0.379 e. The first kappa shape index (κ1) is 11.4. The Labute approximate surface area is 96.5 Å². The monoisotopic (exact) mass is 222 g/mol. The molecule has 4 heteroatoms. The highest BCUT2D eigenvalue weighted by Gasteiger charge is 2.15. The van der Waals surface area contributed by atoms with E-state index in [-0.39, 0.29) is 5.91 Å². The molecule has 0 atom stereocenters. The third kappa shape index (κ3) is 3.22. The smallest absolute Gasteiger partial charge is 0.298 e. The molecule has 1 amide bonds. The minimum absolute atomic E-state index is 0.00856. The third-order valence-electron chi connectivity index (χ3n) is 2.99. The van der Waals surface area contributed by atoms with Crippen molar-refractivity contribution in [1.29, 1.82) is 0 Å². The Morgan fingerprint density at radius 1 is 1.12 bits per heavy atom. The maximum atomic E-state index is 11.6. The van der Waals surface area contributed by atoms with Crippen molar-refractivity contribution < 1.29 is 9.53 Å². The lowest BCUT2D eigenvalue weighted by Crippen LogP contribution is -2.36. The highest BCUT2D eigenvalue weighted by Crippen LogP contribution is 2.06. The zero-order chi connectivity index (χ0) is 11.2. The Kier molecular flexibility index (Phi) is 4.20. The predicted molar refractivity (Wildman–Crippen MR) is 60.8 cm³/mol. The van der Waals surface area contributed by atoms with E-state index < -0.39 is 0 Å². The van der Waals surface area contributed by atoms with Gasteiger partial charge in [0.1, 0.15) is 0 Å². The van der Waals surface area contributed by atoms with Crippen molar-refractivity contribution in [2.45, 2.75) is 12.8 Å². The number of morpholine rings is 1. The number of likely N-dealkylation sites (tertiary alicyclic amines) is 1. The van der Waals surface area contributed by atoms with E-state index in [2.05, 4.69) is 16.7 Å². The second-order valence-electron chi connectivity index (χ2n) is 4.19. The van der Waals surface area contributed by atoms with Crippen LogP contribution in [0.2, 0.25) is 0 Å². The van der Waals surface area contributed by atoms with Crippen LogP contribution in [0.15, 0.2) is 0 Å². The molecule has 4 nitrogen and oxygen atoms in total. The summed E-state index contributed by atoms with van der Waals surface area (Å²) in [5.74, 6) is 5.68. The molecule has 0 unspecified atom stereocenters. The van der Waals surface area contributed by atoms with Crippen molar-refractivity contribution in [3.63, 3.8) is 0 Å². The first-order valence-corrected chi connectivity index (χ1v) is 5.94. The average Bonchev–Trinajstić information content (AvgIpc) is 2.84. The molecule has 0 aromatic heterocycles. The van der Waals surface area contributed by atoms with E-state index in [1.54, 1.807) is 0 Å². The van der Waals surface area contributed by atoms with Crippen LogP contribution < -0.4 is 0 Å². The van der Waals surface area contributed by atoms with Gasteiger partial charge in [-0.2, -0.15) is 0 Å². The van der Waals surface area contributed by atoms with Gasteiger partial charge in [-0.1, -0.05) is 5.92 Å². The molecule has 2 aliphatic heterocycles. The van der Waals surface area contributed by atoms with Crippen LogP contribution in [0, 0.1) is 11.8 Å². The largest absolute Gasteiger partial charge is 0.379 e. The van der Waals surface area contributed by atoms with Gasteiger partial charge in [0.25, 0.3) is 5.91 Å². The number of carbonyl (C=O) groups is 1. The van der Waals surface area contributed by atoms with Crippen molar-refractivity contribution >= 4 is 5.91 Å². The Morgan fingerprint density at radius 2 is 1.81 bits per heavy atom. The lowest BCUT2D eigenvalue weighted by Gasteiger charge is -2.24. The average molecular weight is 222 g/mol. The molecule has 2 heterocycles. The Morgan fingerprint density at radius 3 is 2.50 bits per heavy atom. The second-order valence-corrected chi connectivity index (χ2v) is 4.19. The van der Waals surface area contributed by atoms with Crippen LogP contribution in [0.3, 0.4) is 0 Å². The molecule has 2 rings (SSSR count). The zero-order valence-corrected chi connectivity index (χ0v) is 9.57. The molecule has 0 aliphatic carbocycles. The molecule has 0 N–H and O–H groups in total. The number of hydrogen-bond donors (Lipinski definition) is 0. The van der Waals surface area contributed by atoms with E-state index in [1.807, 2.05) is 4.90 Å². The fourth-order valence-corrected chi connectivity index (χ4v) is 1.99. The number of carbonyl (C=O) groups excluding carboxylic acids is 1. The predicted octanol–water partition coefficient (Wildman–Crippen LogP) is -0.0556. The first-order valence-electron chi connectivity index (χ1n) is 5.94. The van der Waals surface area contributed by atoms with Crippen LogP contribution in [0.4, 0.5) is 0 Å². The van der Waals surface area contributed by atoms with Gasteiger partial charge in [-0.05, 0) is 18.8 Å². The molecule has 0 bridgehead atoms. The first-order chi connectivity index (χ1) is 7.86. The van der Waals surface area contributed by atoms with Crippen LogP contribution >= 0.6 is 0 Å². The summed E-state index contributed by atoms with van der Waals surface area (Å²) in [6.07, 6.45) is 2.24. The van der Waals surface area contributed by atoms with Gasteiger partial charge in [-0.15, -0.1) is 0 Å². The Hall–Kier alpha value is -1.05. The lowest BCUT2D eigenvalue weighted by molar-refractivity contribution is -0.124. The summed E-state index contributed by atoms with van der Waals surface area (Å²) in [7, 11) is 0. The highest BCUT2D eigenvalue weighted by atomic mass is 16.5. The minimum atomic E-state index is -0.00856. The molecule has 0 aromatic rings. The van der Waals surface area contributed by atoms with Crippen LogP contribution in [0.1, 0.15) is 12.8 Å². The van der Waals surface area contributed by atoms with Crippen LogP contribution in [0.5, 0.6) is 0 Å². The summed E-state index contributed by atoms with van der Waals surface area (Å²) in [5, 5.41) is 0. The number of nitrogens with zero attached hydrogens (tertiary/aromatic N) is 2. The number of ether oxygens (including phenoxy) is 1. The molecular weight excluding hydrogens is 204 g/mol. The molecule has 2 fully saturated rings. The quantitative estimate of drug-likeness (QED) is 0.583. The highest BCUT2D eigenvalue weighted by molar-refractivity contribution is 5.93. The van der Waals surface area contributed by atoms with E-state index in [9.17, 15) is 4.79 Å². The summed E-state index contributed by atoms with van der Waals surface area (Å²) < 4.78 is 5.24. The standard InChI is InChI=1S/C12H18N2O2/c15-12(14-6-1-2-7-14)4-3-5-13-8-10-16-11-9-13/h1-2,5-11H2. The molecule has 0 spiro atoms. The fourth-order valence-electron chi connectivity index (χ4n) is 1.99.